The summed E-state index contributed by atoms with van der Waals surface area (Å²) in [5, 5.41) is 0. The van der Waals surface area contributed by atoms with Gasteiger partial charge in [-0.2, -0.15) is 0 Å². The van der Waals surface area contributed by atoms with Crippen molar-refractivity contribution >= 4 is 11.8 Å². The van der Waals surface area contributed by atoms with Crippen molar-refractivity contribution < 1.29 is 0 Å². The molecule has 1 saturated carbocycles. The quantitative estimate of drug-likeness (QED) is 0.770. The number of benzene rings is 1. The van der Waals surface area contributed by atoms with E-state index in [2.05, 4.69) is 24.3 Å². The molecule has 1 aliphatic carbocycles. The van der Waals surface area contributed by atoms with Gasteiger partial charge < -0.3 is 5.73 Å². The van der Waals surface area contributed by atoms with Gasteiger partial charge in [-0.15, -0.1) is 11.8 Å². The lowest BCUT2D eigenvalue weighted by Gasteiger charge is -2.10. The Labute approximate surface area is 77.3 Å². The lowest BCUT2D eigenvalue weighted by molar-refractivity contribution is 0.900. The van der Waals surface area contributed by atoms with Gasteiger partial charge in [-0.25, -0.2) is 0 Å². The molecule has 2 N–H and O–H groups in total. The molecule has 0 aromatic heterocycles. The van der Waals surface area contributed by atoms with Crippen molar-refractivity contribution in [3.63, 3.8) is 0 Å². The third kappa shape index (κ3) is 1.65. The molecule has 0 bridgehead atoms. The maximum Gasteiger partial charge on any atom is 0.0330 e. The summed E-state index contributed by atoms with van der Waals surface area (Å²) in [4.78, 5) is 1.35. The van der Waals surface area contributed by atoms with E-state index in [0.717, 1.165) is 6.54 Å². The first-order valence-corrected chi connectivity index (χ1v) is 5.10. The molecule has 0 spiro atoms. The Kier molecular flexibility index (Phi) is 2.11. The van der Waals surface area contributed by atoms with Crippen LogP contribution in [0.25, 0.3) is 0 Å². The molecule has 1 aliphatic rings. The zero-order valence-corrected chi connectivity index (χ0v) is 7.81. The van der Waals surface area contributed by atoms with Crippen LogP contribution in [0.2, 0.25) is 0 Å². The van der Waals surface area contributed by atoms with Crippen molar-refractivity contribution in [2.24, 2.45) is 5.73 Å². The minimum Gasteiger partial charge on any atom is -0.329 e. The average molecular weight is 179 g/mol. The van der Waals surface area contributed by atoms with Gasteiger partial charge in [-0.05, 0) is 25.0 Å². The molecular weight excluding hydrogens is 166 g/mol. The summed E-state index contributed by atoms with van der Waals surface area (Å²) >= 11 is 1.93. The Morgan fingerprint density at radius 3 is 2.42 bits per heavy atom. The van der Waals surface area contributed by atoms with E-state index in [9.17, 15) is 0 Å². The van der Waals surface area contributed by atoms with Gasteiger partial charge in [0.05, 0.1) is 0 Å². The first kappa shape index (κ1) is 8.14. The van der Waals surface area contributed by atoms with Crippen LogP contribution in [0.3, 0.4) is 0 Å². The summed E-state index contributed by atoms with van der Waals surface area (Å²) in [7, 11) is 0. The molecular formula is C10H13NS. The van der Waals surface area contributed by atoms with Crippen molar-refractivity contribution in [2.45, 2.75) is 22.5 Å². The molecule has 0 amide bonds. The third-order valence-electron chi connectivity index (χ3n) is 2.26. The standard InChI is InChI=1S/C10H13NS/c11-8-10(6-7-10)12-9-4-2-1-3-5-9/h1-5H,6-8,11H2. The van der Waals surface area contributed by atoms with Crippen LogP contribution in [-0.4, -0.2) is 11.3 Å². The van der Waals surface area contributed by atoms with Crippen LogP contribution in [0, 0.1) is 0 Å². The minimum atomic E-state index is 0.390. The smallest absolute Gasteiger partial charge is 0.0330 e. The fourth-order valence-electron chi connectivity index (χ4n) is 1.23. The van der Waals surface area contributed by atoms with E-state index in [1.54, 1.807) is 0 Å². The van der Waals surface area contributed by atoms with Crippen LogP contribution in [0.4, 0.5) is 0 Å². The average Bonchev–Trinajstić information content (AvgIpc) is 2.88. The second-order valence-corrected chi connectivity index (χ2v) is 4.84. The number of nitrogens with two attached hydrogens (primary N) is 1. The van der Waals surface area contributed by atoms with E-state index < -0.39 is 0 Å². The maximum absolute atomic E-state index is 5.70. The first-order valence-electron chi connectivity index (χ1n) is 4.29. The van der Waals surface area contributed by atoms with Gasteiger partial charge in [-0.1, -0.05) is 18.2 Å². The molecule has 0 atom stereocenters. The highest BCUT2D eigenvalue weighted by atomic mass is 32.2. The van der Waals surface area contributed by atoms with E-state index in [1.807, 2.05) is 17.8 Å². The first-order chi connectivity index (χ1) is 5.85. The summed E-state index contributed by atoms with van der Waals surface area (Å²) in [5.41, 5.74) is 5.70. The van der Waals surface area contributed by atoms with E-state index >= 15 is 0 Å². The van der Waals surface area contributed by atoms with Crippen molar-refractivity contribution in [3.8, 4) is 0 Å². The number of rotatable bonds is 3. The number of hydrogen-bond acceptors (Lipinski definition) is 2. The van der Waals surface area contributed by atoms with Crippen molar-refractivity contribution in [3.05, 3.63) is 30.3 Å². The Balaban J connectivity index is 2.04. The molecule has 1 fully saturated rings. The number of thioether (sulfide) groups is 1. The van der Waals surface area contributed by atoms with Crippen LogP contribution in [0.5, 0.6) is 0 Å². The van der Waals surface area contributed by atoms with Gasteiger partial charge in [0.2, 0.25) is 0 Å². The predicted octanol–water partition coefficient (Wildman–Crippen LogP) is 2.27. The maximum atomic E-state index is 5.70. The van der Waals surface area contributed by atoms with Crippen molar-refractivity contribution in [1.82, 2.24) is 0 Å². The van der Waals surface area contributed by atoms with E-state index in [-0.39, 0.29) is 0 Å². The zero-order chi connectivity index (χ0) is 8.44. The van der Waals surface area contributed by atoms with Gasteiger partial charge in [0.15, 0.2) is 0 Å². The molecule has 0 saturated heterocycles. The Hall–Kier alpha value is -0.470. The normalized spacial score (nSPS) is 19.1. The molecule has 0 unspecified atom stereocenters. The summed E-state index contributed by atoms with van der Waals surface area (Å²) < 4.78 is 0.390. The second kappa shape index (κ2) is 3.11. The Bertz CT molecular complexity index is 254. The highest BCUT2D eigenvalue weighted by Gasteiger charge is 2.42. The van der Waals surface area contributed by atoms with E-state index in [4.69, 9.17) is 5.73 Å². The molecule has 12 heavy (non-hydrogen) atoms. The lowest BCUT2D eigenvalue weighted by Crippen LogP contribution is -2.17. The molecule has 2 heteroatoms. The van der Waals surface area contributed by atoms with Crippen LogP contribution in [-0.2, 0) is 0 Å². The van der Waals surface area contributed by atoms with Gasteiger partial charge in [-0.3, -0.25) is 0 Å². The molecule has 0 radical (unpaired) electrons. The predicted molar refractivity (Wildman–Crippen MR) is 53.3 cm³/mol. The molecule has 2 rings (SSSR count). The fourth-order valence-corrected chi connectivity index (χ4v) is 2.41. The van der Waals surface area contributed by atoms with Gasteiger partial charge in [0.1, 0.15) is 0 Å². The van der Waals surface area contributed by atoms with Gasteiger partial charge >= 0.3 is 0 Å². The molecule has 1 aromatic rings. The van der Waals surface area contributed by atoms with Crippen molar-refractivity contribution in [1.29, 1.82) is 0 Å². The number of hydrogen-bond donors (Lipinski definition) is 1. The van der Waals surface area contributed by atoms with Crippen LogP contribution >= 0.6 is 11.8 Å². The second-order valence-electron chi connectivity index (χ2n) is 3.30. The monoisotopic (exact) mass is 179 g/mol. The highest BCUT2D eigenvalue weighted by molar-refractivity contribution is 8.01. The Morgan fingerprint density at radius 1 is 1.25 bits per heavy atom. The highest BCUT2D eigenvalue weighted by Crippen LogP contribution is 2.50. The largest absolute Gasteiger partial charge is 0.329 e. The molecule has 1 nitrogen and oxygen atoms in total. The zero-order valence-electron chi connectivity index (χ0n) is 6.99. The summed E-state index contributed by atoms with van der Waals surface area (Å²) in [6.45, 7) is 0.812. The topological polar surface area (TPSA) is 26.0 Å². The summed E-state index contributed by atoms with van der Waals surface area (Å²) in [6, 6.07) is 10.5. The van der Waals surface area contributed by atoms with Gasteiger partial charge in [0, 0.05) is 16.2 Å². The molecule has 64 valence electrons. The SMILES string of the molecule is NCC1(Sc2ccccc2)CC1. The van der Waals surface area contributed by atoms with Crippen LogP contribution < -0.4 is 5.73 Å². The molecule has 0 aliphatic heterocycles. The fraction of sp³-hybridized carbons (Fsp3) is 0.400. The van der Waals surface area contributed by atoms with Crippen molar-refractivity contribution in [2.75, 3.05) is 6.54 Å². The van der Waals surface area contributed by atoms with Crippen LogP contribution in [0.1, 0.15) is 12.8 Å². The summed E-state index contributed by atoms with van der Waals surface area (Å²) in [5.74, 6) is 0. The van der Waals surface area contributed by atoms with Crippen LogP contribution in [0.15, 0.2) is 35.2 Å². The Morgan fingerprint density at radius 2 is 1.92 bits per heavy atom. The molecule has 1 aromatic carbocycles. The summed E-state index contributed by atoms with van der Waals surface area (Å²) in [6.07, 6.45) is 2.56. The third-order valence-corrected chi connectivity index (χ3v) is 3.77. The lowest BCUT2D eigenvalue weighted by atomic mass is 10.4. The minimum absolute atomic E-state index is 0.390. The van der Waals surface area contributed by atoms with E-state index in [1.165, 1.54) is 17.7 Å². The van der Waals surface area contributed by atoms with Gasteiger partial charge in [0.25, 0.3) is 0 Å². The molecule has 0 heterocycles. The van der Waals surface area contributed by atoms with E-state index in [0.29, 0.717) is 4.75 Å².